The highest BCUT2D eigenvalue weighted by Gasteiger charge is 2.29. The van der Waals surface area contributed by atoms with E-state index in [-0.39, 0.29) is 6.10 Å². The van der Waals surface area contributed by atoms with Gasteiger partial charge in [-0.25, -0.2) is 0 Å². The lowest BCUT2D eigenvalue weighted by Gasteiger charge is -2.24. The zero-order chi connectivity index (χ0) is 9.26. The number of hydrogen-bond acceptors (Lipinski definition) is 3. The summed E-state index contributed by atoms with van der Waals surface area (Å²) in [4.78, 5) is 2.39. The van der Waals surface area contributed by atoms with E-state index < -0.39 is 0 Å². The second-order valence-electron chi connectivity index (χ2n) is 4.54. The molecule has 0 spiro atoms. The summed E-state index contributed by atoms with van der Waals surface area (Å²) in [5, 5.41) is 12.9. The van der Waals surface area contributed by atoms with Gasteiger partial charge in [0, 0.05) is 25.2 Å². The van der Waals surface area contributed by atoms with Crippen LogP contribution < -0.4 is 5.32 Å². The van der Waals surface area contributed by atoms with Gasteiger partial charge in [0.2, 0.25) is 0 Å². The van der Waals surface area contributed by atoms with Gasteiger partial charge in [0.25, 0.3) is 0 Å². The second-order valence-corrected chi connectivity index (χ2v) is 4.54. The zero-order valence-corrected chi connectivity index (χ0v) is 8.37. The van der Waals surface area contributed by atoms with Crippen molar-refractivity contribution in [3.63, 3.8) is 0 Å². The maximum Gasteiger partial charge on any atom is 0.0639 e. The van der Waals surface area contributed by atoms with Gasteiger partial charge in [-0.2, -0.15) is 0 Å². The maximum atomic E-state index is 9.30. The molecule has 0 aromatic rings. The normalized spacial score (nSPS) is 37.4. The molecule has 3 nitrogen and oxygen atoms in total. The van der Waals surface area contributed by atoms with Gasteiger partial charge in [-0.3, -0.25) is 4.90 Å². The Kier molecular flexibility index (Phi) is 2.86. The van der Waals surface area contributed by atoms with Crippen molar-refractivity contribution in [2.45, 2.75) is 44.4 Å². The number of aliphatic hydroxyl groups excluding tert-OH is 1. The van der Waals surface area contributed by atoms with Crippen molar-refractivity contribution in [3.8, 4) is 0 Å². The molecule has 2 N–H and O–H groups in total. The van der Waals surface area contributed by atoms with Crippen molar-refractivity contribution >= 4 is 0 Å². The standard InChI is InChI=1S/C10H20N2O/c1-8(13)6-12-5-4-9-2-3-10(7-12)11-9/h8-11,13H,2-7H2,1H3/t8?,9-,10+/m1/s1. The van der Waals surface area contributed by atoms with Gasteiger partial charge in [-0.1, -0.05) is 0 Å². The zero-order valence-electron chi connectivity index (χ0n) is 8.37. The predicted octanol–water partition coefficient (Wildman–Crippen LogP) is 0.194. The molecule has 0 saturated carbocycles. The van der Waals surface area contributed by atoms with Gasteiger partial charge >= 0.3 is 0 Å². The number of rotatable bonds is 2. The van der Waals surface area contributed by atoms with Crippen LogP contribution in [0.1, 0.15) is 26.2 Å². The predicted molar refractivity (Wildman–Crippen MR) is 52.7 cm³/mol. The first-order chi connectivity index (χ1) is 6.24. The number of fused-ring (bicyclic) bond motifs is 2. The Morgan fingerprint density at radius 2 is 2.15 bits per heavy atom. The summed E-state index contributed by atoms with van der Waals surface area (Å²) < 4.78 is 0. The summed E-state index contributed by atoms with van der Waals surface area (Å²) in [5.74, 6) is 0. The Labute approximate surface area is 80.1 Å². The SMILES string of the molecule is CC(O)CN1CC[C@H]2CC[C@@H](C1)N2. The molecule has 2 fully saturated rings. The quantitative estimate of drug-likeness (QED) is 0.643. The second kappa shape index (κ2) is 3.95. The molecule has 2 rings (SSSR count). The molecule has 0 aromatic carbocycles. The van der Waals surface area contributed by atoms with E-state index in [1.165, 1.54) is 19.3 Å². The minimum Gasteiger partial charge on any atom is -0.392 e. The number of nitrogens with one attached hydrogen (secondary N) is 1. The van der Waals surface area contributed by atoms with Crippen LogP contribution in [0.5, 0.6) is 0 Å². The summed E-state index contributed by atoms with van der Waals surface area (Å²) in [5.41, 5.74) is 0. The minimum atomic E-state index is -0.184. The van der Waals surface area contributed by atoms with E-state index in [9.17, 15) is 5.11 Å². The van der Waals surface area contributed by atoms with E-state index in [4.69, 9.17) is 0 Å². The molecule has 2 saturated heterocycles. The third-order valence-electron chi connectivity index (χ3n) is 3.13. The van der Waals surface area contributed by atoms with Crippen molar-refractivity contribution in [1.29, 1.82) is 0 Å². The molecule has 0 aromatic heterocycles. The molecular weight excluding hydrogens is 164 g/mol. The van der Waals surface area contributed by atoms with E-state index in [1.54, 1.807) is 0 Å². The van der Waals surface area contributed by atoms with Crippen LogP contribution in [0.15, 0.2) is 0 Å². The molecule has 0 aliphatic carbocycles. The van der Waals surface area contributed by atoms with E-state index in [0.717, 1.165) is 25.7 Å². The molecule has 0 amide bonds. The molecular formula is C10H20N2O. The molecule has 2 aliphatic heterocycles. The molecule has 2 bridgehead atoms. The van der Waals surface area contributed by atoms with Crippen LogP contribution in [0.2, 0.25) is 0 Å². The van der Waals surface area contributed by atoms with E-state index in [0.29, 0.717) is 6.04 Å². The lowest BCUT2D eigenvalue weighted by Crippen LogP contribution is -2.38. The van der Waals surface area contributed by atoms with Gasteiger partial charge in [-0.05, 0) is 32.7 Å². The fraction of sp³-hybridized carbons (Fsp3) is 1.00. The number of nitrogens with zero attached hydrogens (tertiary/aromatic N) is 1. The summed E-state index contributed by atoms with van der Waals surface area (Å²) in [6, 6.07) is 1.44. The van der Waals surface area contributed by atoms with Crippen LogP contribution in [-0.2, 0) is 0 Å². The highest BCUT2D eigenvalue weighted by Crippen LogP contribution is 2.20. The molecule has 0 radical (unpaired) electrons. The first kappa shape index (κ1) is 9.44. The maximum absolute atomic E-state index is 9.30. The smallest absolute Gasteiger partial charge is 0.0639 e. The Balaban J connectivity index is 1.86. The van der Waals surface area contributed by atoms with Gasteiger partial charge in [0.1, 0.15) is 0 Å². The summed E-state index contributed by atoms with van der Waals surface area (Å²) in [7, 11) is 0. The fourth-order valence-corrected chi connectivity index (χ4v) is 2.55. The van der Waals surface area contributed by atoms with Crippen molar-refractivity contribution in [3.05, 3.63) is 0 Å². The van der Waals surface area contributed by atoms with E-state index in [2.05, 4.69) is 10.2 Å². The molecule has 3 atom stereocenters. The Bertz CT molecular complexity index is 172. The minimum absolute atomic E-state index is 0.184. The summed E-state index contributed by atoms with van der Waals surface area (Å²) >= 11 is 0. The topological polar surface area (TPSA) is 35.5 Å². The van der Waals surface area contributed by atoms with Crippen molar-refractivity contribution in [1.82, 2.24) is 10.2 Å². The molecule has 2 aliphatic rings. The summed E-state index contributed by atoms with van der Waals surface area (Å²) in [6.45, 7) is 4.99. The van der Waals surface area contributed by atoms with E-state index >= 15 is 0 Å². The number of β-amino-alcohol motifs (C(OH)–C–C–N with tert-alkyl or cyclic N) is 1. The average Bonchev–Trinajstić information content (AvgIpc) is 2.36. The lowest BCUT2D eigenvalue weighted by molar-refractivity contribution is 0.123. The molecule has 76 valence electrons. The van der Waals surface area contributed by atoms with Gasteiger partial charge in [-0.15, -0.1) is 0 Å². The first-order valence-electron chi connectivity index (χ1n) is 5.40. The van der Waals surface area contributed by atoms with Gasteiger partial charge in [0.05, 0.1) is 6.10 Å². The lowest BCUT2D eigenvalue weighted by atomic mass is 10.1. The van der Waals surface area contributed by atoms with Crippen LogP contribution in [0.25, 0.3) is 0 Å². The largest absolute Gasteiger partial charge is 0.392 e. The van der Waals surface area contributed by atoms with Crippen LogP contribution in [0.4, 0.5) is 0 Å². The van der Waals surface area contributed by atoms with Crippen molar-refractivity contribution in [2.75, 3.05) is 19.6 Å². The van der Waals surface area contributed by atoms with Crippen molar-refractivity contribution < 1.29 is 5.11 Å². The third-order valence-corrected chi connectivity index (χ3v) is 3.13. The van der Waals surface area contributed by atoms with E-state index in [1.807, 2.05) is 6.92 Å². The Morgan fingerprint density at radius 3 is 2.92 bits per heavy atom. The summed E-state index contributed by atoms with van der Waals surface area (Å²) in [6.07, 6.45) is 3.74. The number of likely N-dealkylation sites (tertiary alicyclic amines) is 1. The molecule has 3 heteroatoms. The fourth-order valence-electron chi connectivity index (χ4n) is 2.55. The van der Waals surface area contributed by atoms with Crippen LogP contribution in [0, 0.1) is 0 Å². The monoisotopic (exact) mass is 184 g/mol. The highest BCUT2D eigenvalue weighted by molar-refractivity contribution is 4.89. The third kappa shape index (κ3) is 2.42. The molecule has 1 unspecified atom stereocenters. The van der Waals surface area contributed by atoms with Crippen LogP contribution >= 0.6 is 0 Å². The Morgan fingerprint density at radius 1 is 1.38 bits per heavy atom. The number of hydrogen-bond donors (Lipinski definition) is 2. The molecule has 13 heavy (non-hydrogen) atoms. The number of aliphatic hydroxyl groups is 1. The Hall–Kier alpha value is -0.120. The highest BCUT2D eigenvalue weighted by atomic mass is 16.3. The first-order valence-corrected chi connectivity index (χ1v) is 5.40. The van der Waals surface area contributed by atoms with Crippen molar-refractivity contribution in [2.24, 2.45) is 0 Å². The molecule has 2 heterocycles. The van der Waals surface area contributed by atoms with Gasteiger partial charge in [0.15, 0.2) is 0 Å². The van der Waals surface area contributed by atoms with Crippen LogP contribution in [0.3, 0.4) is 0 Å². The van der Waals surface area contributed by atoms with Gasteiger partial charge < -0.3 is 10.4 Å². The average molecular weight is 184 g/mol. The van der Waals surface area contributed by atoms with Crippen LogP contribution in [-0.4, -0.2) is 47.8 Å².